The molecule has 1 amide bonds. The van der Waals surface area contributed by atoms with E-state index >= 15 is 0 Å². The summed E-state index contributed by atoms with van der Waals surface area (Å²) in [5, 5.41) is 3.54. The van der Waals surface area contributed by atoms with Crippen molar-refractivity contribution >= 4 is 28.5 Å². The van der Waals surface area contributed by atoms with Gasteiger partial charge in [0.15, 0.2) is 6.61 Å². The molecule has 3 aromatic rings. The Hall–Kier alpha value is -3.08. The maximum absolute atomic E-state index is 12.2. The van der Waals surface area contributed by atoms with E-state index in [1.807, 2.05) is 43.3 Å². The van der Waals surface area contributed by atoms with Crippen molar-refractivity contribution in [3.8, 4) is 0 Å². The summed E-state index contributed by atoms with van der Waals surface area (Å²) in [5.41, 5.74) is 3.01. The second-order valence-electron chi connectivity index (χ2n) is 5.55. The molecule has 1 heterocycles. The molecule has 3 rings (SSSR count). The van der Waals surface area contributed by atoms with Gasteiger partial charge in [0.05, 0.1) is 0 Å². The lowest BCUT2D eigenvalue weighted by molar-refractivity contribution is -0.119. The molecule has 0 aliphatic heterocycles. The second-order valence-corrected chi connectivity index (χ2v) is 5.55. The van der Waals surface area contributed by atoms with Crippen LogP contribution in [0, 0.1) is 13.8 Å². The SMILES string of the molecule is Cc1cccc(NC(=O)COC(=O)c2oc3ccccc3c2C)c1. The Kier molecular flexibility index (Phi) is 4.33. The summed E-state index contributed by atoms with van der Waals surface area (Å²) in [6.45, 7) is 3.35. The number of rotatable bonds is 4. The van der Waals surface area contributed by atoms with Crippen LogP contribution in [-0.4, -0.2) is 18.5 Å². The Morgan fingerprint density at radius 2 is 1.88 bits per heavy atom. The van der Waals surface area contributed by atoms with Crippen molar-refractivity contribution < 1.29 is 18.7 Å². The fraction of sp³-hybridized carbons (Fsp3) is 0.158. The first-order valence-electron chi connectivity index (χ1n) is 7.56. The van der Waals surface area contributed by atoms with Gasteiger partial charge in [-0.1, -0.05) is 30.3 Å². The highest BCUT2D eigenvalue weighted by molar-refractivity contribution is 5.98. The molecule has 24 heavy (non-hydrogen) atoms. The van der Waals surface area contributed by atoms with Crippen LogP contribution in [0.4, 0.5) is 5.69 Å². The van der Waals surface area contributed by atoms with E-state index in [0.717, 1.165) is 10.9 Å². The van der Waals surface area contributed by atoms with Crippen molar-refractivity contribution in [3.05, 3.63) is 65.4 Å². The minimum Gasteiger partial charge on any atom is -0.450 e. The lowest BCUT2D eigenvalue weighted by Gasteiger charge is -2.06. The Balaban J connectivity index is 1.64. The van der Waals surface area contributed by atoms with Crippen molar-refractivity contribution in [1.82, 2.24) is 0 Å². The molecule has 5 heteroatoms. The number of hydrogen-bond acceptors (Lipinski definition) is 4. The van der Waals surface area contributed by atoms with Crippen LogP contribution in [0.5, 0.6) is 0 Å². The summed E-state index contributed by atoms with van der Waals surface area (Å²) in [7, 11) is 0. The molecule has 0 saturated heterocycles. The van der Waals surface area contributed by atoms with Crippen LogP contribution in [0.2, 0.25) is 0 Å². The van der Waals surface area contributed by atoms with Crippen molar-refractivity contribution in [2.24, 2.45) is 0 Å². The van der Waals surface area contributed by atoms with Crippen molar-refractivity contribution in [2.75, 3.05) is 11.9 Å². The number of benzene rings is 2. The van der Waals surface area contributed by atoms with Crippen LogP contribution in [-0.2, 0) is 9.53 Å². The normalized spacial score (nSPS) is 10.6. The predicted octanol–water partition coefficient (Wildman–Crippen LogP) is 3.85. The number of ether oxygens (including phenoxy) is 1. The molecule has 0 atom stereocenters. The highest BCUT2D eigenvalue weighted by Gasteiger charge is 2.19. The zero-order chi connectivity index (χ0) is 17.1. The van der Waals surface area contributed by atoms with Crippen LogP contribution in [0.15, 0.2) is 52.9 Å². The summed E-state index contributed by atoms with van der Waals surface area (Å²) >= 11 is 0. The number of aryl methyl sites for hydroxylation is 2. The maximum atomic E-state index is 12.2. The van der Waals surface area contributed by atoms with Gasteiger partial charge in [-0.3, -0.25) is 4.79 Å². The summed E-state index contributed by atoms with van der Waals surface area (Å²) in [6.07, 6.45) is 0. The van der Waals surface area contributed by atoms with E-state index in [4.69, 9.17) is 9.15 Å². The van der Waals surface area contributed by atoms with E-state index in [2.05, 4.69) is 5.32 Å². The number of amides is 1. The molecule has 0 aliphatic carbocycles. The molecule has 0 unspecified atom stereocenters. The van der Waals surface area contributed by atoms with Gasteiger partial charge < -0.3 is 14.5 Å². The molecule has 1 aromatic heterocycles. The van der Waals surface area contributed by atoms with Gasteiger partial charge in [0.2, 0.25) is 5.76 Å². The highest BCUT2D eigenvalue weighted by atomic mass is 16.5. The Morgan fingerprint density at radius 3 is 2.62 bits per heavy atom. The standard InChI is InChI=1S/C19H17NO4/c1-12-6-5-7-14(10-12)20-17(21)11-23-19(22)18-13(2)15-8-3-4-9-16(15)24-18/h3-10H,11H2,1-2H3,(H,20,21). The molecular formula is C19H17NO4. The van der Waals surface area contributed by atoms with Crippen LogP contribution in [0.25, 0.3) is 11.0 Å². The van der Waals surface area contributed by atoms with Crippen LogP contribution in [0.1, 0.15) is 21.7 Å². The Morgan fingerprint density at radius 1 is 1.08 bits per heavy atom. The van der Waals surface area contributed by atoms with Gasteiger partial charge in [-0.15, -0.1) is 0 Å². The van der Waals surface area contributed by atoms with E-state index in [-0.39, 0.29) is 12.4 Å². The van der Waals surface area contributed by atoms with E-state index in [0.29, 0.717) is 16.8 Å². The molecule has 1 N–H and O–H groups in total. The fourth-order valence-corrected chi connectivity index (χ4v) is 2.49. The number of furan rings is 1. The van der Waals surface area contributed by atoms with E-state index in [9.17, 15) is 9.59 Å². The molecule has 122 valence electrons. The molecule has 0 radical (unpaired) electrons. The maximum Gasteiger partial charge on any atom is 0.375 e. The lowest BCUT2D eigenvalue weighted by atomic mass is 10.1. The first-order valence-corrected chi connectivity index (χ1v) is 7.56. The number of para-hydroxylation sites is 1. The lowest BCUT2D eigenvalue weighted by Crippen LogP contribution is -2.21. The van der Waals surface area contributed by atoms with Gasteiger partial charge >= 0.3 is 5.97 Å². The molecule has 0 fully saturated rings. The number of esters is 1. The number of fused-ring (bicyclic) bond motifs is 1. The quantitative estimate of drug-likeness (QED) is 0.741. The molecule has 0 aliphatic rings. The predicted molar refractivity (Wildman–Crippen MR) is 91.0 cm³/mol. The van der Waals surface area contributed by atoms with Crippen LogP contribution in [0.3, 0.4) is 0 Å². The average molecular weight is 323 g/mol. The van der Waals surface area contributed by atoms with Crippen molar-refractivity contribution in [2.45, 2.75) is 13.8 Å². The summed E-state index contributed by atoms with van der Waals surface area (Å²) < 4.78 is 10.6. The first kappa shape index (κ1) is 15.8. The summed E-state index contributed by atoms with van der Waals surface area (Å²) in [5.74, 6) is -0.926. The van der Waals surface area contributed by atoms with Gasteiger partial charge in [0.1, 0.15) is 5.58 Å². The molecule has 0 saturated carbocycles. The van der Waals surface area contributed by atoms with Crippen LogP contribution >= 0.6 is 0 Å². The zero-order valence-electron chi connectivity index (χ0n) is 13.5. The molecule has 0 spiro atoms. The second kappa shape index (κ2) is 6.58. The monoisotopic (exact) mass is 323 g/mol. The number of carbonyl (C=O) groups excluding carboxylic acids is 2. The van der Waals surface area contributed by atoms with Gasteiger partial charge in [-0.25, -0.2) is 4.79 Å². The van der Waals surface area contributed by atoms with Gasteiger partial charge in [-0.2, -0.15) is 0 Å². The minimum absolute atomic E-state index is 0.125. The molecule has 5 nitrogen and oxygen atoms in total. The van der Waals surface area contributed by atoms with E-state index in [1.165, 1.54) is 0 Å². The average Bonchev–Trinajstić information content (AvgIpc) is 2.90. The van der Waals surface area contributed by atoms with Crippen molar-refractivity contribution in [1.29, 1.82) is 0 Å². The smallest absolute Gasteiger partial charge is 0.375 e. The van der Waals surface area contributed by atoms with E-state index < -0.39 is 11.9 Å². The number of nitrogens with one attached hydrogen (secondary N) is 1. The largest absolute Gasteiger partial charge is 0.450 e. The van der Waals surface area contributed by atoms with E-state index in [1.54, 1.807) is 19.1 Å². The molecule has 0 bridgehead atoms. The number of hydrogen-bond donors (Lipinski definition) is 1. The van der Waals surface area contributed by atoms with Gasteiger partial charge in [0, 0.05) is 16.6 Å². The van der Waals surface area contributed by atoms with Crippen LogP contribution < -0.4 is 5.32 Å². The summed E-state index contributed by atoms with van der Waals surface area (Å²) in [4.78, 5) is 24.0. The third-order valence-corrected chi connectivity index (χ3v) is 3.67. The third-order valence-electron chi connectivity index (χ3n) is 3.67. The van der Waals surface area contributed by atoms with Gasteiger partial charge in [-0.05, 0) is 37.6 Å². The Bertz CT molecular complexity index is 911. The minimum atomic E-state index is -0.650. The van der Waals surface area contributed by atoms with Gasteiger partial charge in [0.25, 0.3) is 5.91 Å². The number of carbonyl (C=O) groups is 2. The first-order chi connectivity index (χ1) is 11.5. The topological polar surface area (TPSA) is 68.5 Å². The molecular weight excluding hydrogens is 306 g/mol. The van der Waals surface area contributed by atoms with Crippen molar-refractivity contribution in [3.63, 3.8) is 0 Å². The zero-order valence-corrected chi connectivity index (χ0v) is 13.5. The third kappa shape index (κ3) is 3.30. The summed E-state index contributed by atoms with van der Waals surface area (Å²) in [6, 6.07) is 14.7. The molecule has 2 aromatic carbocycles. The fourth-order valence-electron chi connectivity index (χ4n) is 2.49. The Labute approximate surface area is 139 Å². The number of anilines is 1. The highest BCUT2D eigenvalue weighted by Crippen LogP contribution is 2.25.